The van der Waals surface area contributed by atoms with Gasteiger partial charge in [-0.25, -0.2) is 14.0 Å². The first-order chi connectivity index (χ1) is 15.9. The minimum atomic E-state index is -0.575. The van der Waals surface area contributed by atoms with E-state index in [9.17, 15) is 14.0 Å². The Bertz CT molecular complexity index is 1030. The van der Waals surface area contributed by atoms with Crippen molar-refractivity contribution in [2.24, 2.45) is 0 Å². The number of anilines is 1. The summed E-state index contributed by atoms with van der Waals surface area (Å²) in [4.78, 5) is 29.8. The summed E-state index contributed by atoms with van der Waals surface area (Å²) < 4.78 is 18.6. The summed E-state index contributed by atoms with van der Waals surface area (Å²) in [5, 5.41) is 5.72. The number of rotatable bonds is 6. The van der Waals surface area contributed by atoms with Gasteiger partial charge < -0.3 is 20.3 Å². The van der Waals surface area contributed by atoms with Crippen LogP contribution < -0.4 is 15.5 Å². The smallest absolute Gasteiger partial charge is 0.338 e. The second kappa shape index (κ2) is 10.0. The molecule has 8 heteroatoms. The van der Waals surface area contributed by atoms with Gasteiger partial charge >= 0.3 is 12.0 Å². The molecule has 1 atom stereocenters. The number of aryl methyl sites for hydroxylation is 1. The molecule has 7 nitrogen and oxygen atoms in total. The number of nitrogens with zero attached hydrogens (tertiary/aromatic N) is 2. The number of carbonyl (C=O) groups excluding carboxylic acids is 2. The molecule has 2 N–H and O–H groups in total. The van der Waals surface area contributed by atoms with Crippen molar-refractivity contribution in [1.29, 1.82) is 0 Å². The number of hydrogen-bond donors (Lipinski definition) is 2. The summed E-state index contributed by atoms with van der Waals surface area (Å²) in [6.07, 6.45) is 0. The molecule has 2 aliphatic rings. The van der Waals surface area contributed by atoms with Crippen LogP contribution in [0, 0.1) is 12.7 Å². The monoisotopic (exact) mass is 452 g/mol. The van der Waals surface area contributed by atoms with Gasteiger partial charge in [0.1, 0.15) is 5.82 Å². The Morgan fingerprint density at radius 2 is 1.73 bits per heavy atom. The molecule has 2 aromatic carbocycles. The van der Waals surface area contributed by atoms with Crippen molar-refractivity contribution in [3.05, 3.63) is 76.7 Å². The van der Waals surface area contributed by atoms with E-state index < -0.39 is 12.0 Å². The number of carbonyl (C=O) groups is 2. The zero-order valence-corrected chi connectivity index (χ0v) is 18.9. The van der Waals surface area contributed by atoms with Gasteiger partial charge in [0, 0.05) is 44.1 Å². The van der Waals surface area contributed by atoms with E-state index in [-0.39, 0.29) is 18.5 Å². The number of hydrogen-bond acceptors (Lipinski definition) is 5. The zero-order chi connectivity index (χ0) is 23.4. The molecule has 2 aromatic rings. The van der Waals surface area contributed by atoms with Gasteiger partial charge in [-0.15, -0.1) is 0 Å². The SMILES string of the molecule is CCOC(=O)C1=C(CN2CCN(c3ccc(F)cc3)CC2)NC(=O)NC1c1ccc(C)cc1. The molecule has 0 aliphatic carbocycles. The number of urea groups is 1. The molecule has 0 radical (unpaired) electrons. The average Bonchev–Trinajstić information content (AvgIpc) is 2.80. The molecule has 0 saturated carbocycles. The van der Waals surface area contributed by atoms with Crippen LogP contribution >= 0.6 is 0 Å². The van der Waals surface area contributed by atoms with Gasteiger partial charge in [-0.05, 0) is 43.7 Å². The van der Waals surface area contributed by atoms with Crippen molar-refractivity contribution in [3.8, 4) is 0 Å². The van der Waals surface area contributed by atoms with Gasteiger partial charge in [-0.2, -0.15) is 0 Å². The van der Waals surface area contributed by atoms with Crippen LogP contribution in [0.1, 0.15) is 24.1 Å². The number of ether oxygens (including phenoxy) is 1. The standard InChI is InChI=1S/C25H29FN4O3/c1-3-33-24(31)22-21(27-25(32)28-23(22)18-6-4-17(2)5-7-18)16-29-12-14-30(15-13-29)20-10-8-19(26)9-11-20/h4-11,23H,3,12-16H2,1-2H3,(H2,27,28,32). The molecule has 0 aromatic heterocycles. The van der Waals surface area contributed by atoms with Crippen LogP contribution in [0.3, 0.4) is 0 Å². The van der Waals surface area contributed by atoms with Gasteiger partial charge in [0.05, 0.1) is 18.2 Å². The van der Waals surface area contributed by atoms with Crippen molar-refractivity contribution in [3.63, 3.8) is 0 Å². The summed E-state index contributed by atoms with van der Waals surface area (Å²) in [5.41, 5.74) is 3.91. The van der Waals surface area contributed by atoms with Gasteiger partial charge in [-0.3, -0.25) is 4.90 Å². The van der Waals surface area contributed by atoms with E-state index in [1.165, 1.54) is 12.1 Å². The molecule has 2 aliphatic heterocycles. The summed E-state index contributed by atoms with van der Waals surface area (Å²) in [7, 11) is 0. The largest absolute Gasteiger partial charge is 0.463 e. The van der Waals surface area contributed by atoms with Crippen LogP contribution in [-0.4, -0.2) is 56.2 Å². The predicted octanol–water partition coefficient (Wildman–Crippen LogP) is 3.13. The van der Waals surface area contributed by atoms with E-state index in [2.05, 4.69) is 20.4 Å². The molecule has 33 heavy (non-hydrogen) atoms. The number of esters is 1. The number of nitrogens with one attached hydrogen (secondary N) is 2. The molecule has 1 unspecified atom stereocenters. The molecule has 1 fully saturated rings. The highest BCUT2D eigenvalue weighted by atomic mass is 19.1. The molecule has 4 rings (SSSR count). The van der Waals surface area contributed by atoms with Crippen LogP contribution in [0.4, 0.5) is 14.9 Å². The molecule has 2 amide bonds. The highest BCUT2D eigenvalue weighted by molar-refractivity contribution is 5.95. The number of halogens is 1. The lowest BCUT2D eigenvalue weighted by Gasteiger charge is -2.38. The van der Waals surface area contributed by atoms with Crippen LogP contribution in [0.25, 0.3) is 0 Å². The first kappa shape index (κ1) is 22.8. The molecule has 2 heterocycles. The van der Waals surface area contributed by atoms with Crippen LogP contribution in [0.15, 0.2) is 59.8 Å². The van der Waals surface area contributed by atoms with E-state index in [1.54, 1.807) is 19.1 Å². The Balaban J connectivity index is 1.54. The van der Waals surface area contributed by atoms with Gasteiger partial charge in [0.15, 0.2) is 0 Å². The molecular formula is C25H29FN4O3. The third kappa shape index (κ3) is 5.34. The van der Waals surface area contributed by atoms with E-state index in [1.807, 2.05) is 31.2 Å². The van der Waals surface area contributed by atoms with E-state index in [0.717, 1.165) is 43.0 Å². The molecule has 1 saturated heterocycles. The highest BCUT2D eigenvalue weighted by Gasteiger charge is 2.34. The maximum absolute atomic E-state index is 13.2. The average molecular weight is 453 g/mol. The Labute approximate surface area is 193 Å². The van der Waals surface area contributed by atoms with Crippen molar-refractivity contribution >= 4 is 17.7 Å². The first-order valence-electron chi connectivity index (χ1n) is 11.2. The van der Waals surface area contributed by atoms with Gasteiger partial charge in [-0.1, -0.05) is 29.8 Å². The molecular weight excluding hydrogens is 423 g/mol. The zero-order valence-electron chi connectivity index (χ0n) is 18.9. The van der Waals surface area contributed by atoms with Crippen molar-refractivity contribution in [1.82, 2.24) is 15.5 Å². The third-order valence-corrected chi connectivity index (χ3v) is 6.01. The van der Waals surface area contributed by atoms with Crippen molar-refractivity contribution < 1.29 is 18.7 Å². The summed E-state index contributed by atoms with van der Waals surface area (Å²) in [6, 6.07) is 13.3. The fourth-order valence-electron chi connectivity index (χ4n) is 4.24. The second-order valence-electron chi connectivity index (χ2n) is 8.29. The first-order valence-corrected chi connectivity index (χ1v) is 11.2. The molecule has 0 bridgehead atoms. The van der Waals surface area contributed by atoms with E-state index >= 15 is 0 Å². The number of amides is 2. The van der Waals surface area contributed by atoms with Crippen LogP contribution in [0.5, 0.6) is 0 Å². The van der Waals surface area contributed by atoms with Gasteiger partial charge in [0.2, 0.25) is 0 Å². The minimum absolute atomic E-state index is 0.249. The normalized spacial score (nSPS) is 19.2. The molecule has 174 valence electrons. The fourth-order valence-corrected chi connectivity index (χ4v) is 4.24. The fraction of sp³-hybridized carbons (Fsp3) is 0.360. The van der Waals surface area contributed by atoms with Gasteiger partial charge in [0.25, 0.3) is 0 Å². The van der Waals surface area contributed by atoms with Crippen molar-refractivity contribution in [2.75, 3.05) is 44.2 Å². The summed E-state index contributed by atoms with van der Waals surface area (Å²) >= 11 is 0. The summed E-state index contributed by atoms with van der Waals surface area (Å²) in [5.74, 6) is -0.684. The highest BCUT2D eigenvalue weighted by Crippen LogP contribution is 2.29. The number of benzene rings is 2. The van der Waals surface area contributed by atoms with E-state index in [0.29, 0.717) is 17.8 Å². The van der Waals surface area contributed by atoms with Crippen LogP contribution in [-0.2, 0) is 9.53 Å². The lowest BCUT2D eigenvalue weighted by atomic mass is 9.94. The Kier molecular flexibility index (Phi) is 6.93. The topological polar surface area (TPSA) is 73.9 Å². The van der Waals surface area contributed by atoms with Crippen molar-refractivity contribution in [2.45, 2.75) is 19.9 Å². The Morgan fingerprint density at radius 3 is 2.36 bits per heavy atom. The lowest BCUT2D eigenvalue weighted by molar-refractivity contribution is -0.139. The lowest BCUT2D eigenvalue weighted by Crippen LogP contribution is -2.51. The predicted molar refractivity (Wildman–Crippen MR) is 124 cm³/mol. The second-order valence-corrected chi connectivity index (χ2v) is 8.29. The Hall–Kier alpha value is -3.39. The third-order valence-electron chi connectivity index (χ3n) is 6.01. The number of piperazine rings is 1. The Morgan fingerprint density at radius 1 is 1.06 bits per heavy atom. The minimum Gasteiger partial charge on any atom is -0.463 e. The van der Waals surface area contributed by atoms with E-state index in [4.69, 9.17) is 4.74 Å². The quantitative estimate of drug-likeness (QED) is 0.659. The van der Waals surface area contributed by atoms with Crippen LogP contribution in [0.2, 0.25) is 0 Å². The maximum atomic E-state index is 13.2. The maximum Gasteiger partial charge on any atom is 0.338 e. The summed E-state index contributed by atoms with van der Waals surface area (Å²) in [6.45, 7) is 7.46. The molecule has 0 spiro atoms.